The fraction of sp³-hybridized carbons (Fsp3) is 0.250. The largest absolute Gasteiger partial charge is 0.456 e. The van der Waals surface area contributed by atoms with Crippen molar-refractivity contribution in [2.75, 3.05) is 0 Å². The van der Waals surface area contributed by atoms with Crippen LogP contribution in [0.4, 0.5) is 5.69 Å². The maximum Gasteiger partial charge on any atom is 0.216 e. The number of hydrogen-bond acceptors (Lipinski definition) is 1. The second-order valence-corrected chi connectivity index (χ2v) is 9.18. The highest BCUT2D eigenvalue weighted by Crippen LogP contribution is 2.44. The molecule has 1 aliphatic rings. The van der Waals surface area contributed by atoms with Gasteiger partial charge in [0.05, 0.1) is 20.4 Å². The third-order valence-corrected chi connectivity index (χ3v) is 7.04. The van der Waals surface area contributed by atoms with Crippen LogP contribution in [0.15, 0.2) is 77.2 Å². The number of pyridine rings is 1. The molecule has 0 bridgehead atoms. The minimum absolute atomic E-state index is 0.0743. The molecule has 3 nitrogen and oxygen atoms in total. The molecule has 1 fully saturated rings. The van der Waals surface area contributed by atoms with E-state index in [0.29, 0.717) is 35.4 Å². The highest BCUT2D eigenvalue weighted by molar-refractivity contribution is 6.15. The summed E-state index contributed by atoms with van der Waals surface area (Å²) in [6.07, 6.45) is 6.18. The molecular formula is C32H29N2O+. The van der Waals surface area contributed by atoms with E-state index in [4.69, 9.17) is 19.2 Å². The van der Waals surface area contributed by atoms with E-state index in [2.05, 4.69) is 4.85 Å². The monoisotopic (exact) mass is 464 g/mol. The van der Waals surface area contributed by atoms with Crippen molar-refractivity contribution in [3.05, 3.63) is 95.3 Å². The normalized spacial score (nSPS) is 18.1. The van der Waals surface area contributed by atoms with Crippen molar-refractivity contribution in [2.45, 2.75) is 44.9 Å². The molecule has 3 heteroatoms. The molecule has 1 saturated carbocycles. The average molecular weight is 465 g/mol. The third-order valence-electron chi connectivity index (χ3n) is 7.04. The fourth-order valence-electron chi connectivity index (χ4n) is 5.24. The van der Waals surface area contributed by atoms with Gasteiger partial charge in [0.1, 0.15) is 18.2 Å². The lowest BCUT2D eigenvalue weighted by Gasteiger charge is -2.21. The highest BCUT2D eigenvalue weighted by atomic mass is 16.3. The van der Waals surface area contributed by atoms with Crippen LogP contribution < -0.4 is 4.57 Å². The summed E-state index contributed by atoms with van der Waals surface area (Å²) >= 11 is 0. The van der Waals surface area contributed by atoms with Crippen molar-refractivity contribution in [3.8, 4) is 22.4 Å². The van der Waals surface area contributed by atoms with Crippen molar-refractivity contribution in [1.29, 1.82) is 0 Å². The van der Waals surface area contributed by atoms with Gasteiger partial charge in [-0.1, -0.05) is 73.7 Å². The first-order valence-corrected chi connectivity index (χ1v) is 11.9. The molecule has 0 atom stereocenters. The Hall–Kier alpha value is -3.90. The number of fused-ring (bicyclic) bond motifs is 3. The van der Waals surface area contributed by atoms with Crippen LogP contribution in [0.2, 0.25) is 0 Å². The number of benzene rings is 3. The van der Waals surface area contributed by atoms with E-state index in [1.165, 1.54) is 0 Å². The van der Waals surface area contributed by atoms with Crippen molar-refractivity contribution < 1.29 is 18.6 Å². The summed E-state index contributed by atoms with van der Waals surface area (Å²) in [5.74, 6) is -0.827. The number of aryl methyl sites for hydroxylation is 2. The minimum Gasteiger partial charge on any atom is -0.456 e. The topological polar surface area (TPSA) is 21.4 Å². The van der Waals surface area contributed by atoms with Gasteiger partial charge in [0.25, 0.3) is 0 Å². The van der Waals surface area contributed by atoms with Gasteiger partial charge in [0.2, 0.25) is 5.69 Å². The van der Waals surface area contributed by atoms with E-state index in [-0.39, 0.29) is 22.4 Å². The van der Waals surface area contributed by atoms with E-state index in [9.17, 15) is 1.37 Å². The standard InChI is InChI=1S/C32H29N2O/c1-21-14-15-25-26-16-17-27(33-2)30(23-12-8-5-9-13-23)32(26)35-31(25)29(21)28-20-24(18-19-34(28)3)22-10-6-4-7-11-22/h5,8-9,12-20,22H,4,6-7,10-11H2,1,3H3/q+1/i5D,8D,9D,12D,13D,18D,22D. The first-order chi connectivity index (χ1) is 20.0. The van der Waals surface area contributed by atoms with Crippen LogP contribution in [0.5, 0.6) is 0 Å². The molecule has 1 aliphatic carbocycles. The molecule has 6 rings (SSSR count). The predicted molar refractivity (Wildman–Crippen MR) is 143 cm³/mol. The predicted octanol–water partition coefficient (Wildman–Crippen LogP) is 8.65. The number of furan rings is 1. The minimum atomic E-state index is -0.827. The van der Waals surface area contributed by atoms with E-state index in [1.807, 2.05) is 36.7 Å². The van der Waals surface area contributed by atoms with Gasteiger partial charge >= 0.3 is 0 Å². The maximum atomic E-state index is 9.23. The summed E-state index contributed by atoms with van der Waals surface area (Å²) < 4.78 is 68.1. The van der Waals surface area contributed by atoms with Crippen LogP contribution in [0, 0.1) is 13.5 Å². The van der Waals surface area contributed by atoms with E-state index in [1.54, 1.807) is 18.3 Å². The second kappa shape index (κ2) is 8.71. The SMILES string of the molecule is [2H]c1c[n+](C)c(-c2c(C)ccc3c2oc2c(-c4c([2H])c([2H])c([2H])c([2H])c4[2H])c([N+]#[C-])ccc23)cc1C1([2H])CCCCC1. The molecule has 3 aromatic carbocycles. The van der Waals surface area contributed by atoms with E-state index < -0.39 is 36.1 Å². The van der Waals surface area contributed by atoms with Gasteiger partial charge in [-0.3, -0.25) is 0 Å². The third kappa shape index (κ3) is 3.61. The number of aromatic nitrogens is 1. The first kappa shape index (κ1) is 15.2. The number of rotatable bonds is 3. The zero-order chi connectivity index (χ0) is 30.1. The quantitative estimate of drug-likeness (QED) is 0.193. The molecule has 0 amide bonds. The van der Waals surface area contributed by atoms with Crippen LogP contribution in [0.3, 0.4) is 0 Å². The lowest BCUT2D eigenvalue weighted by atomic mass is 9.84. The molecule has 2 aromatic heterocycles. The summed E-state index contributed by atoms with van der Waals surface area (Å²) in [5.41, 5.74) is 4.19. The van der Waals surface area contributed by atoms with Crippen LogP contribution in [0.1, 0.15) is 58.7 Å². The molecular weight excluding hydrogens is 428 g/mol. The van der Waals surface area contributed by atoms with E-state index in [0.717, 1.165) is 41.5 Å². The first-order valence-electron chi connectivity index (χ1n) is 15.4. The summed E-state index contributed by atoms with van der Waals surface area (Å²) in [6.45, 7) is 9.79. The van der Waals surface area contributed by atoms with Crippen LogP contribution in [0.25, 0.3) is 49.2 Å². The van der Waals surface area contributed by atoms with Gasteiger partial charge in [0, 0.05) is 29.8 Å². The van der Waals surface area contributed by atoms with Gasteiger partial charge in [-0.2, -0.15) is 0 Å². The molecule has 0 N–H and O–H groups in total. The Morgan fingerprint density at radius 3 is 2.43 bits per heavy atom. The van der Waals surface area contributed by atoms with Crippen LogP contribution in [-0.4, -0.2) is 0 Å². The molecule has 0 aliphatic heterocycles. The smallest absolute Gasteiger partial charge is 0.216 e. The molecule has 2 heterocycles. The molecule has 0 saturated heterocycles. The number of hydrogen-bond donors (Lipinski definition) is 0. The molecule has 35 heavy (non-hydrogen) atoms. The van der Waals surface area contributed by atoms with Crippen molar-refractivity contribution >= 4 is 27.6 Å². The molecule has 5 aromatic rings. The lowest BCUT2D eigenvalue weighted by Crippen LogP contribution is -2.31. The Bertz CT molecular complexity index is 1960. The van der Waals surface area contributed by atoms with Gasteiger partial charge in [-0.15, -0.1) is 0 Å². The summed E-state index contributed by atoms with van der Waals surface area (Å²) in [4.78, 5) is 3.63. The maximum absolute atomic E-state index is 9.23. The van der Waals surface area contributed by atoms with Gasteiger partial charge in [-0.05, 0) is 42.3 Å². The molecule has 0 radical (unpaired) electrons. The summed E-state index contributed by atoms with van der Waals surface area (Å²) in [6, 6.07) is 7.29. The second-order valence-electron chi connectivity index (χ2n) is 9.18. The molecule has 0 spiro atoms. The summed E-state index contributed by atoms with van der Waals surface area (Å²) in [7, 11) is 1.87. The zero-order valence-corrected chi connectivity index (χ0v) is 19.8. The van der Waals surface area contributed by atoms with E-state index >= 15 is 0 Å². The highest BCUT2D eigenvalue weighted by Gasteiger charge is 2.25. The van der Waals surface area contributed by atoms with Crippen LogP contribution >= 0.6 is 0 Å². The fourth-order valence-corrected chi connectivity index (χ4v) is 5.24. The Labute approximate surface area is 216 Å². The van der Waals surface area contributed by atoms with Crippen LogP contribution in [-0.2, 0) is 7.05 Å². The Balaban J connectivity index is 1.69. The Morgan fingerprint density at radius 1 is 0.971 bits per heavy atom. The summed E-state index contributed by atoms with van der Waals surface area (Å²) in [5, 5.41) is 1.41. The van der Waals surface area contributed by atoms with Crippen molar-refractivity contribution in [2.24, 2.45) is 7.05 Å². The lowest BCUT2D eigenvalue weighted by molar-refractivity contribution is -0.660. The van der Waals surface area contributed by atoms with Gasteiger partial charge in [0.15, 0.2) is 11.9 Å². The molecule has 0 unspecified atom stereocenters. The van der Waals surface area contributed by atoms with Gasteiger partial charge in [-0.25, -0.2) is 9.41 Å². The van der Waals surface area contributed by atoms with Crippen molar-refractivity contribution in [3.63, 3.8) is 0 Å². The van der Waals surface area contributed by atoms with Gasteiger partial charge < -0.3 is 4.42 Å². The number of nitrogens with zero attached hydrogens (tertiary/aromatic N) is 2. The molecule has 172 valence electrons. The van der Waals surface area contributed by atoms with Crippen molar-refractivity contribution in [1.82, 2.24) is 0 Å². The average Bonchev–Trinajstić information content (AvgIpc) is 3.34. The Morgan fingerprint density at radius 2 is 1.69 bits per heavy atom. The Kier molecular flexibility index (Phi) is 3.77. The zero-order valence-electron chi connectivity index (χ0n) is 26.8.